The van der Waals surface area contributed by atoms with E-state index in [4.69, 9.17) is 11.6 Å². The van der Waals surface area contributed by atoms with E-state index in [1.54, 1.807) is 30.5 Å². The maximum atomic E-state index is 12.5. The molecule has 1 atom stereocenters. The molecule has 0 spiro atoms. The number of nitrogens with one attached hydrogen (secondary N) is 2. The van der Waals surface area contributed by atoms with Crippen LogP contribution in [0.5, 0.6) is 0 Å². The lowest BCUT2D eigenvalue weighted by Crippen LogP contribution is -2.39. The lowest BCUT2D eigenvalue weighted by molar-refractivity contribution is 0.508. The van der Waals surface area contributed by atoms with Gasteiger partial charge in [0, 0.05) is 22.6 Å². The Hall–Kier alpha value is -1.96. The fourth-order valence-electron chi connectivity index (χ4n) is 3.39. The molecule has 2 N–H and O–H groups in total. The molecule has 0 fully saturated rings. The molecule has 2 aromatic heterocycles. The van der Waals surface area contributed by atoms with Crippen molar-refractivity contribution in [3.05, 3.63) is 58.4 Å². The van der Waals surface area contributed by atoms with Crippen LogP contribution >= 0.6 is 11.6 Å². The van der Waals surface area contributed by atoms with Gasteiger partial charge in [-0.3, -0.25) is 5.10 Å². The summed E-state index contributed by atoms with van der Waals surface area (Å²) in [6.45, 7) is 0. The summed E-state index contributed by atoms with van der Waals surface area (Å²) in [4.78, 5) is 4.35. The number of benzene rings is 1. The lowest BCUT2D eigenvalue weighted by Gasteiger charge is -2.25. The van der Waals surface area contributed by atoms with Gasteiger partial charge in [0.15, 0.2) is 5.65 Å². The number of halogens is 1. The number of aryl methyl sites for hydroxylation is 1. The number of hydrogen-bond acceptors (Lipinski definition) is 4. The maximum absolute atomic E-state index is 12.5. The highest BCUT2D eigenvalue weighted by Crippen LogP contribution is 2.27. The zero-order valence-corrected chi connectivity index (χ0v) is 14.9. The fourth-order valence-corrected chi connectivity index (χ4v) is 5.02. The van der Waals surface area contributed by atoms with Gasteiger partial charge in [-0.05, 0) is 48.1 Å². The van der Waals surface area contributed by atoms with E-state index in [0.717, 1.165) is 29.4 Å². The van der Waals surface area contributed by atoms with Crippen molar-refractivity contribution in [2.24, 2.45) is 0 Å². The molecule has 4 rings (SSSR count). The van der Waals surface area contributed by atoms with Crippen molar-refractivity contribution in [1.82, 2.24) is 19.9 Å². The molecule has 1 unspecified atom stereocenters. The molecule has 1 aromatic carbocycles. The molecule has 0 aliphatic heterocycles. The highest BCUT2D eigenvalue weighted by atomic mass is 35.5. The first-order chi connectivity index (χ1) is 12.0. The number of sulfonamides is 1. The van der Waals surface area contributed by atoms with E-state index in [1.807, 2.05) is 6.20 Å². The summed E-state index contributed by atoms with van der Waals surface area (Å²) in [5, 5.41) is 8.46. The van der Waals surface area contributed by atoms with Gasteiger partial charge in [0.05, 0.1) is 11.9 Å². The molecule has 2 heterocycles. The third-order valence-corrected chi connectivity index (χ3v) is 6.12. The van der Waals surface area contributed by atoms with Crippen LogP contribution in [0.3, 0.4) is 0 Å². The SMILES string of the molecule is O=S(=O)(Cc1cccc(Cl)c1)NC1CCc2c(cnc3[nH]ncc23)C1. The van der Waals surface area contributed by atoms with E-state index < -0.39 is 10.0 Å². The number of pyridine rings is 1. The van der Waals surface area contributed by atoms with Crippen molar-refractivity contribution in [3.8, 4) is 0 Å². The summed E-state index contributed by atoms with van der Waals surface area (Å²) in [7, 11) is -3.43. The van der Waals surface area contributed by atoms with Crippen LogP contribution in [-0.4, -0.2) is 29.6 Å². The Morgan fingerprint density at radius 1 is 1.32 bits per heavy atom. The van der Waals surface area contributed by atoms with Crippen LogP contribution in [0.25, 0.3) is 11.0 Å². The van der Waals surface area contributed by atoms with Gasteiger partial charge in [0.1, 0.15) is 0 Å². The standard InChI is InChI=1S/C17H17ClN4O2S/c18-13-3-1-2-11(6-13)10-25(23,24)22-14-4-5-15-12(7-14)8-19-17-16(15)9-20-21-17/h1-3,6,8-9,14,22H,4-5,7,10H2,(H,19,20,21). The Bertz CT molecular complexity index is 1030. The Balaban J connectivity index is 1.50. The first-order valence-corrected chi connectivity index (χ1v) is 10.1. The van der Waals surface area contributed by atoms with Crippen molar-refractivity contribution in [1.29, 1.82) is 0 Å². The second kappa shape index (κ2) is 6.40. The van der Waals surface area contributed by atoms with Gasteiger partial charge in [0.2, 0.25) is 10.0 Å². The Kier molecular flexibility index (Phi) is 4.23. The van der Waals surface area contributed by atoms with E-state index in [-0.39, 0.29) is 11.8 Å². The van der Waals surface area contributed by atoms with Gasteiger partial charge >= 0.3 is 0 Å². The largest absolute Gasteiger partial charge is 0.261 e. The van der Waals surface area contributed by atoms with Crippen molar-refractivity contribution >= 4 is 32.7 Å². The van der Waals surface area contributed by atoms with Crippen LogP contribution in [0.4, 0.5) is 0 Å². The predicted octanol–water partition coefficient (Wildman–Crippen LogP) is 2.59. The number of rotatable bonds is 4. The van der Waals surface area contributed by atoms with Crippen LogP contribution in [-0.2, 0) is 28.6 Å². The minimum Gasteiger partial charge on any atom is -0.261 e. The minimum atomic E-state index is -3.43. The Morgan fingerprint density at radius 3 is 3.04 bits per heavy atom. The minimum absolute atomic E-state index is 0.0735. The number of aromatic nitrogens is 3. The third-order valence-electron chi connectivity index (χ3n) is 4.48. The van der Waals surface area contributed by atoms with E-state index in [1.165, 1.54) is 5.56 Å². The average Bonchev–Trinajstić information content (AvgIpc) is 3.02. The second-order valence-corrected chi connectivity index (χ2v) is 8.53. The molecule has 1 aliphatic rings. The van der Waals surface area contributed by atoms with Gasteiger partial charge in [-0.15, -0.1) is 0 Å². The zero-order valence-electron chi connectivity index (χ0n) is 13.4. The molecule has 8 heteroatoms. The van der Waals surface area contributed by atoms with Crippen molar-refractivity contribution in [3.63, 3.8) is 0 Å². The van der Waals surface area contributed by atoms with Crippen molar-refractivity contribution in [2.75, 3.05) is 0 Å². The Morgan fingerprint density at radius 2 is 2.20 bits per heavy atom. The molecule has 1 aliphatic carbocycles. The molecule has 6 nitrogen and oxygen atoms in total. The van der Waals surface area contributed by atoms with Gasteiger partial charge in [0.25, 0.3) is 0 Å². The molecular weight excluding hydrogens is 360 g/mol. The molecule has 0 saturated carbocycles. The molecular formula is C17H17ClN4O2S. The summed E-state index contributed by atoms with van der Waals surface area (Å²) in [5.74, 6) is -0.0735. The predicted molar refractivity (Wildman–Crippen MR) is 96.9 cm³/mol. The van der Waals surface area contributed by atoms with Gasteiger partial charge in [-0.25, -0.2) is 18.1 Å². The number of aromatic amines is 1. The summed E-state index contributed by atoms with van der Waals surface area (Å²) in [6.07, 6.45) is 5.79. The first kappa shape index (κ1) is 16.5. The summed E-state index contributed by atoms with van der Waals surface area (Å²) >= 11 is 5.93. The average molecular weight is 377 g/mol. The van der Waals surface area contributed by atoms with Crippen LogP contribution < -0.4 is 4.72 Å². The number of nitrogens with zero attached hydrogens (tertiary/aromatic N) is 2. The molecule has 3 aromatic rings. The molecule has 130 valence electrons. The van der Waals surface area contributed by atoms with Crippen LogP contribution in [0, 0.1) is 0 Å². The molecule has 0 amide bonds. The highest BCUT2D eigenvalue weighted by Gasteiger charge is 2.25. The van der Waals surface area contributed by atoms with Gasteiger partial charge < -0.3 is 0 Å². The number of H-pyrrole nitrogens is 1. The number of hydrogen-bond donors (Lipinski definition) is 2. The van der Waals surface area contributed by atoms with Gasteiger partial charge in [-0.1, -0.05) is 23.7 Å². The monoisotopic (exact) mass is 376 g/mol. The zero-order chi connectivity index (χ0) is 17.4. The van der Waals surface area contributed by atoms with Crippen molar-refractivity contribution < 1.29 is 8.42 Å². The van der Waals surface area contributed by atoms with E-state index in [9.17, 15) is 8.42 Å². The van der Waals surface area contributed by atoms with E-state index in [2.05, 4.69) is 19.9 Å². The lowest BCUT2D eigenvalue weighted by atomic mass is 9.88. The van der Waals surface area contributed by atoms with E-state index >= 15 is 0 Å². The van der Waals surface area contributed by atoms with Crippen LogP contribution in [0.15, 0.2) is 36.7 Å². The topological polar surface area (TPSA) is 87.7 Å². The molecule has 25 heavy (non-hydrogen) atoms. The maximum Gasteiger partial charge on any atom is 0.216 e. The van der Waals surface area contributed by atoms with Crippen molar-refractivity contribution in [2.45, 2.75) is 31.1 Å². The van der Waals surface area contributed by atoms with Crippen LogP contribution in [0.1, 0.15) is 23.1 Å². The molecule has 0 bridgehead atoms. The van der Waals surface area contributed by atoms with Gasteiger partial charge in [-0.2, -0.15) is 5.10 Å². The smallest absolute Gasteiger partial charge is 0.216 e. The molecule has 0 radical (unpaired) electrons. The fraction of sp³-hybridized carbons (Fsp3) is 0.294. The summed E-state index contributed by atoms with van der Waals surface area (Å²) in [5.41, 5.74) is 3.75. The third kappa shape index (κ3) is 3.53. The first-order valence-electron chi connectivity index (χ1n) is 8.04. The van der Waals surface area contributed by atoms with Crippen LogP contribution in [0.2, 0.25) is 5.02 Å². The Labute approximate surface area is 150 Å². The normalized spacial score (nSPS) is 17.6. The highest BCUT2D eigenvalue weighted by molar-refractivity contribution is 7.88. The van der Waals surface area contributed by atoms with E-state index in [0.29, 0.717) is 17.0 Å². The summed E-state index contributed by atoms with van der Waals surface area (Å²) in [6, 6.07) is 6.80. The number of fused-ring (bicyclic) bond motifs is 3. The summed E-state index contributed by atoms with van der Waals surface area (Å²) < 4.78 is 27.8. The second-order valence-electron chi connectivity index (χ2n) is 6.34. The quantitative estimate of drug-likeness (QED) is 0.732. The molecule has 0 saturated heterocycles.